The Labute approximate surface area is 179 Å². The predicted molar refractivity (Wildman–Crippen MR) is 120 cm³/mol. The van der Waals surface area contributed by atoms with Gasteiger partial charge in [0.15, 0.2) is 0 Å². The number of aryl methyl sites for hydroxylation is 1. The van der Waals surface area contributed by atoms with Crippen molar-refractivity contribution >= 4 is 0 Å². The van der Waals surface area contributed by atoms with Crippen molar-refractivity contribution in [1.29, 1.82) is 0 Å². The summed E-state index contributed by atoms with van der Waals surface area (Å²) in [6, 6.07) is 0. The molecule has 1 fully saturated rings. The second kappa shape index (κ2) is 9.49. The molecular weight excluding hydrogens is 358 g/mol. The Morgan fingerprint density at radius 1 is 0.966 bits per heavy atom. The Hall–Kier alpha value is -0.900. The van der Waals surface area contributed by atoms with Crippen LogP contribution in [0.5, 0.6) is 0 Å². The highest BCUT2D eigenvalue weighted by molar-refractivity contribution is 5.16. The number of unbranched alkanes of at least 4 members (excludes halogenated alkanes) is 3. The molecule has 166 valence electrons. The summed E-state index contributed by atoms with van der Waals surface area (Å²) in [7, 11) is 0. The van der Waals surface area contributed by atoms with E-state index in [9.17, 15) is 0 Å². The van der Waals surface area contributed by atoms with Crippen LogP contribution in [0.15, 0.2) is 0 Å². The molecule has 0 radical (unpaired) electrons. The fourth-order valence-corrected chi connectivity index (χ4v) is 5.22. The summed E-state index contributed by atoms with van der Waals surface area (Å²) in [6.45, 7) is 14.7. The van der Waals surface area contributed by atoms with Crippen molar-refractivity contribution < 1.29 is 4.74 Å². The normalized spacial score (nSPS) is 26.2. The van der Waals surface area contributed by atoms with Gasteiger partial charge < -0.3 is 4.74 Å². The number of fused-ring (bicyclic) bond motifs is 2. The van der Waals surface area contributed by atoms with Crippen molar-refractivity contribution in [2.24, 2.45) is 17.8 Å². The summed E-state index contributed by atoms with van der Waals surface area (Å²) in [5, 5.41) is 9.13. The largest absolute Gasteiger partial charge is 0.375 e. The first-order valence-corrected chi connectivity index (χ1v) is 12.4. The van der Waals surface area contributed by atoms with Crippen LogP contribution in [0.3, 0.4) is 0 Å². The Bertz CT molecular complexity index is 652. The maximum absolute atomic E-state index is 6.58. The number of hydrogen-bond donors (Lipinski definition) is 0. The van der Waals surface area contributed by atoms with Gasteiger partial charge in [0.05, 0.1) is 29.1 Å². The standard InChI is InChI=1S/C25H45N3O/c1-7-10-11-12-17-25(6,9-3)29-18-21-19-13-15-22-23(16-14-20(19)21)28(27-26-22)24(4,5)8-2/h19-21H,7-18H2,1-6H3/t19-,20+,21-,25?/m0/s1. The van der Waals surface area contributed by atoms with Gasteiger partial charge in [-0.15, -0.1) is 5.10 Å². The zero-order valence-corrected chi connectivity index (χ0v) is 20.0. The van der Waals surface area contributed by atoms with Crippen molar-refractivity contribution in [2.75, 3.05) is 6.61 Å². The Balaban J connectivity index is 1.54. The van der Waals surface area contributed by atoms with Gasteiger partial charge in [-0.25, -0.2) is 4.68 Å². The molecule has 1 aromatic heterocycles. The van der Waals surface area contributed by atoms with Crippen molar-refractivity contribution in [3.05, 3.63) is 11.4 Å². The monoisotopic (exact) mass is 403 g/mol. The van der Waals surface area contributed by atoms with E-state index in [1.165, 1.54) is 56.3 Å². The predicted octanol–water partition coefficient (Wildman–Crippen LogP) is 6.32. The molecule has 0 aliphatic heterocycles. The number of ether oxygens (including phenoxy) is 1. The zero-order valence-electron chi connectivity index (χ0n) is 20.0. The van der Waals surface area contributed by atoms with E-state index in [0.717, 1.165) is 50.0 Å². The van der Waals surface area contributed by atoms with Crippen LogP contribution in [0.25, 0.3) is 0 Å². The summed E-state index contributed by atoms with van der Waals surface area (Å²) in [6.07, 6.45) is 13.5. The van der Waals surface area contributed by atoms with E-state index in [2.05, 4.69) is 56.5 Å². The Morgan fingerprint density at radius 2 is 1.69 bits per heavy atom. The Morgan fingerprint density at radius 3 is 2.34 bits per heavy atom. The minimum Gasteiger partial charge on any atom is -0.375 e. The summed E-state index contributed by atoms with van der Waals surface area (Å²) >= 11 is 0. The van der Waals surface area contributed by atoms with Crippen molar-refractivity contribution in [3.8, 4) is 0 Å². The highest BCUT2D eigenvalue weighted by Gasteiger charge is 2.50. The summed E-state index contributed by atoms with van der Waals surface area (Å²) in [5.74, 6) is 2.45. The Kier molecular flexibility index (Phi) is 7.46. The topological polar surface area (TPSA) is 39.9 Å². The molecule has 0 N–H and O–H groups in total. The second-order valence-corrected chi connectivity index (χ2v) is 10.6. The van der Waals surface area contributed by atoms with E-state index in [0.29, 0.717) is 0 Å². The van der Waals surface area contributed by atoms with Crippen LogP contribution in [0, 0.1) is 17.8 Å². The fourth-order valence-electron chi connectivity index (χ4n) is 5.22. The van der Waals surface area contributed by atoms with Gasteiger partial charge in [-0.2, -0.15) is 0 Å². The molecule has 2 aliphatic carbocycles. The minimum atomic E-state index is 0.0615. The maximum atomic E-state index is 6.58. The van der Waals surface area contributed by atoms with Crippen LogP contribution in [0.2, 0.25) is 0 Å². The number of rotatable bonds is 11. The molecule has 1 unspecified atom stereocenters. The van der Waals surface area contributed by atoms with Gasteiger partial charge in [-0.05, 0) is 83.5 Å². The summed E-state index contributed by atoms with van der Waals surface area (Å²) in [4.78, 5) is 0. The van der Waals surface area contributed by atoms with E-state index in [1.54, 1.807) is 0 Å². The molecule has 1 aromatic rings. The number of aromatic nitrogens is 3. The van der Waals surface area contributed by atoms with Crippen molar-refractivity contribution in [1.82, 2.24) is 15.0 Å². The first kappa shape index (κ1) is 22.8. The van der Waals surface area contributed by atoms with E-state index in [4.69, 9.17) is 4.74 Å². The minimum absolute atomic E-state index is 0.0615. The second-order valence-electron chi connectivity index (χ2n) is 10.6. The van der Waals surface area contributed by atoms with Crippen molar-refractivity contribution in [3.63, 3.8) is 0 Å². The van der Waals surface area contributed by atoms with Crippen LogP contribution in [-0.2, 0) is 23.1 Å². The zero-order chi connectivity index (χ0) is 21.1. The number of hydrogen-bond acceptors (Lipinski definition) is 3. The van der Waals surface area contributed by atoms with Crippen LogP contribution in [-0.4, -0.2) is 27.2 Å². The molecule has 1 saturated carbocycles. The van der Waals surface area contributed by atoms with E-state index >= 15 is 0 Å². The van der Waals surface area contributed by atoms with Crippen LogP contribution in [0.1, 0.15) is 111 Å². The first-order valence-electron chi connectivity index (χ1n) is 12.4. The lowest BCUT2D eigenvalue weighted by atomic mass is 9.95. The van der Waals surface area contributed by atoms with Gasteiger partial charge in [0.2, 0.25) is 0 Å². The maximum Gasteiger partial charge on any atom is 0.0859 e. The van der Waals surface area contributed by atoms with E-state index < -0.39 is 0 Å². The van der Waals surface area contributed by atoms with Crippen molar-refractivity contribution in [2.45, 2.75) is 123 Å². The van der Waals surface area contributed by atoms with Crippen LogP contribution in [0.4, 0.5) is 0 Å². The average Bonchev–Trinajstić information content (AvgIpc) is 3.19. The molecule has 4 heteroatoms. The number of nitrogens with zero attached hydrogens (tertiary/aromatic N) is 3. The first-order chi connectivity index (χ1) is 13.8. The molecule has 29 heavy (non-hydrogen) atoms. The molecular formula is C25H45N3O. The molecule has 0 spiro atoms. The molecule has 4 nitrogen and oxygen atoms in total. The average molecular weight is 404 g/mol. The third-order valence-corrected chi connectivity index (χ3v) is 8.15. The van der Waals surface area contributed by atoms with E-state index in [-0.39, 0.29) is 11.1 Å². The quantitative estimate of drug-likeness (QED) is 0.406. The van der Waals surface area contributed by atoms with Gasteiger partial charge in [-0.3, -0.25) is 0 Å². The molecule has 2 aliphatic rings. The van der Waals surface area contributed by atoms with Gasteiger partial charge in [0.25, 0.3) is 0 Å². The van der Waals surface area contributed by atoms with Gasteiger partial charge in [0.1, 0.15) is 0 Å². The SMILES string of the molecule is CCCCCCC(C)(CC)OC[C@@H]1[C@@H]2CCc3c(nnn3C(C)(C)CC)CC[C@@H]21. The van der Waals surface area contributed by atoms with Gasteiger partial charge >= 0.3 is 0 Å². The summed E-state index contributed by atoms with van der Waals surface area (Å²) < 4.78 is 8.80. The molecule has 0 amide bonds. The van der Waals surface area contributed by atoms with E-state index in [1.807, 2.05) is 0 Å². The lowest BCUT2D eigenvalue weighted by molar-refractivity contribution is -0.0496. The molecule has 0 bridgehead atoms. The van der Waals surface area contributed by atoms with Gasteiger partial charge in [-0.1, -0.05) is 51.7 Å². The lowest BCUT2D eigenvalue weighted by Crippen LogP contribution is -2.29. The third-order valence-electron chi connectivity index (χ3n) is 8.15. The summed E-state index contributed by atoms with van der Waals surface area (Å²) in [5.41, 5.74) is 2.79. The molecule has 3 rings (SSSR count). The molecule has 1 heterocycles. The highest BCUT2D eigenvalue weighted by Crippen LogP contribution is 2.53. The van der Waals surface area contributed by atoms with Gasteiger partial charge in [0, 0.05) is 0 Å². The third kappa shape index (κ3) is 5.24. The lowest BCUT2D eigenvalue weighted by Gasteiger charge is -2.29. The molecule has 0 saturated heterocycles. The smallest absolute Gasteiger partial charge is 0.0859 e. The van der Waals surface area contributed by atoms with Crippen LogP contribution < -0.4 is 0 Å². The fraction of sp³-hybridized carbons (Fsp3) is 0.920. The molecule has 4 atom stereocenters. The molecule has 0 aromatic carbocycles. The highest BCUT2D eigenvalue weighted by atomic mass is 16.5. The van der Waals surface area contributed by atoms with Crippen LogP contribution >= 0.6 is 0 Å².